The number of amides is 2. The summed E-state index contributed by atoms with van der Waals surface area (Å²) in [5, 5.41) is 12.4. The molecule has 2 amide bonds. The Kier molecular flexibility index (Phi) is 11.6. The van der Waals surface area contributed by atoms with E-state index in [4.69, 9.17) is 10.6 Å². The van der Waals surface area contributed by atoms with Gasteiger partial charge in [-0.1, -0.05) is 60.7 Å². The second-order valence-electron chi connectivity index (χ2n) is 8.67. The van der Waals surface area contributed by atoms with E-state index in [9.17, 15) is 9.59 Å². The molecular formula is C30H31ClN6O3. The van der Waals surface area contributed by atoms with Crippen molar-refractivity contribution in [2.24, 2.45) is 10.9 Å². The van der Waals surface area contributed by atoms with Gasteiger partial charge in [-0.25, -0.2) is 0 Å². The van der Waals surface area contributed by atoms with E-state index in [2.05, 4.69) is 26.0 Å². The van der Waals surface area contributed by atoms with Gasteiger partial charge in [0.25, 0.3) is 0 Å². The minimum atomic E-state index is -0.702. The highest BCUT2D eigenvalue weighted by molar-refractivity contribution is 5.88. The van der Waals surface area contributed by atoms with E-state index in [0.29, 0.717) is 18.8 Å². The van der Waals surface area contributed by atoms with Crippen LogP contribution >= 0.6 is 12.4 Å². The first-order chi connectivity index (χ1) is 19.1. The van der Waals surface area contributed by atoms with Crippen LogP contribution in [0.4, 0.5) is 0 Å². The van der Waals surface area contributed by atoms with Gasteiger partial charge < -0.3 is 21.2 Å². The molecule has 40 heavy (non-hydrogen) atoms. The number of carbonyl (C=O) groups is 2. The highest BCUT2D eigenvalue weighted by Crippen LogP contribution is 2.24. The third kappa shape index (κ3) is 9.23. The maximum absolute atomic E-state index is 13.2. The molecule has 0 radical (unpaired) electrons. The summed E-state index contributed by atoms with van der Waals surface area (Å²) in [6.45, 7) is 0.602. The van der Waals surface area contributed by atoms with Crippen LogP contribution in [0.5, 0.6) is 11.5 Å². The van der Waals surface area contributed by atoms with Crippen molar-refractivity contribution in [2.45, 2.75) is 19.1 Å². The summed E-state index contributed by atoms with van der Waals surface area (Å²) in [5.74, 6) is 5.97. The second kappa shape index (κ2) is 15.6. The molecule has 0 aliphatic heterocycles. The lowest BCUT2D eigenvalue weighted by Gasteiger charge is -2.19. The molecule has 1 unspecified atom stereocenters. The van der Waals surface area contributed by atoms with Gasteiger partial charge in [0.2, 0.25) is 11.8 Å². The van der Waals surface area contributed by atoms with E-state index in [1.807, 2.05) is 84.9 Å². The molecule has 9 nitrogen and oxygen atoms in total. The van der Waals surface area contributed by atoms with Crippen molar-refractivity contribution in [3.63, 3.8) is 0 Å². The number of halogens is 1. The molecular weight excluding hydrogens is 528 g/mol. The van der Waals surface area contributed by atoms with Gasteiger partial charge in [0, 0.05) is 25.5 Å². The van der Waals surface area contributed by atoms with E-state index in [-0.39, 0.29) is 30.8 Å². The average molecular weight is 559 g/mol. The van der Waals surface area contributed by atoms with Crippen LogP contribution in [0.1, 0.15) is 28.3 Å². The molecule has 10 heteroatoms. The first-order valence-corrected chi connectivity index (χ1v) is 12.4. The fraction of sp³-hybridized carbons (Fsp3) is 0.133. The number of hydrazone groups is 1. The van der Waals surface area contributed by atoms with Crippen molar-refractivity contribution in [1.29, 1.82) is 0 Å². The van der Waals surface area contributed by atoms with Gasteiger partial charge in [-0.3, -0.25) is 19.9 Å². The summed E-state index contributed by atoms with van der Waals surface area (Å²) in [6, 6.07) is 27.4. The van der Waals surface area contributed by atoms with E-state index in [1.54, 1.807) is 24.7 Å². The van der Waals surface area contributed by atoms with Gasteiger partial charge in [-0.15, -0.1) is 12.4 Å². The van der Waals surface area contributed by atoms with Crippen LogP contribution in [0, 0.1) is 0 Å². The molecule has 4 aromatic rings. The third-order valence-electron chi connectivity index (χ3n) is 5.80. The molecule has 1 aromatic heterocycles. The molecule has 1 atom stereocenters. The number of rotatable bonds is 12. The molecule has 0 bridgehead atoms. The van der Waals surface area contributed by atoms with Crippen LogP contribution < -0.4 is 26.5 Å². The van der Waals surface area contributed by atoms with Crippen LogP contribution in [-0.2, 0) is 22.7 Å². The van der Waals surface area contributed by atoms with Crippen molar-refractivity contribution in [2.75, 3.05) is 6.54 Å². The number of nitrogens with one attached hydrogen (secondary N) is 3. The Morgan fingerprint density at radius 1 is 0.850 bits per heavy atom. The zero-order valence-electron chi connectivity index (χ0n) is 21.7. The molecule has 0 fully saturated rings. The number of carbonyl (C=O) groups excluding carboxylic acids is 2. The predicted octanol–water partition coefficient (Wildman–Crippen LogP) is 3.85. The molecule has 0 saturated heterocycles. The van der Waals surface area contributed by atoms with E-state index < -0.39 is 6.04 Å². The number of para-hydroxylation sites is 1. The lowest BCUT2D eigenvalue weighted by Crippen LogP contribution is -2.42. The number of nitrogens with two attached hydrogens (primary N) is 1. The standard InChI is InChI=1S/C30H30N6O3.ClH/c31-36-20-23-10-8-22(9-11-23)18-34-29(25-12-14-27(15-13-25)39-26-6-2-1-3-7-26)30(38)35-21-28(37)33-19-24-5-4-16-32-17-24;/h1-17,20,29,34H,18-19,21,31H2,(H,33,37)(H,35,38);1H. The van der Waals surface area contributed by atoms with Crippen molar-refractivity contribution >= 4 is 30.4 Å². The summed E-state index contributed by atoms with van der Waals surface area (Å²) < 4.78 is 5.88. The van der Waals surface area contributed by atoms with Crippen LogP contribution in [0.2, 0.25) is 0 Å². The minimum Gasteiger partial charge on any atom is -0.457 e. The van der Waals surface area contributed by atoms with Crippen molar-refractivity contribution in [3.8, 4) is 11.5 Å². The Hall–Kier alpha value is -4.73. The Morgan fingerprint density at radius 3 is 2.25 bits per heavy atom. The van der Waals surface area contributed by atoms with E-state index in [1.165, 1.54) is 0 Å². The quantitative estimate of drug-likeness (QED) is 0.119. The summed E-state index contributed by atoms with van der Waals surface area (Å²) in [6.07, 6.45) is 4.91. The van der Waals surface area contributed by atoms with Crippen LogP contribution in [-0.4, -0.2) is 29.6 Å². The number of nitrogens with zero attached hydrogens (tertiary/aromatic N) is 2. The number of hydrogen-bond donors (Lipinski definition) is 4. The molecule has 0 aliphatic rings. The Morgan fingerprint density at radius 2 is 1.57 bits per heavy atom. The van der Waals surface area contributed by atoms with E-state index >= 15 is 0 Å². The fourth-order valence-corrected chi connectivity index (χ4v) is 3.78. The van der Waals surface area contributed by atoms with Crippen LogP contribution in [0.25, 0.3) is 0 Å². The second-order valence-corrected chi connectivity index (χ2v) is 8.67. The van der Waals surface area contributed by atoms with Gasteiger partial charge >= 0.3 is 0 Å². The monoisotopic (exact) mass is 558 g/mol. The van der Waals surface area contributed by atoms with Crippen molar-refractivity contribution < 1.29 is 14.3 Å². The third-order valence-corrected chi connectivity index (χ3v) is 5.80. The lowest BCUT2D eigenvalue weighted by atomic mass is 10.0. The highest BCUT2D eigenvalue weighted by atomic mass is 35.5. The summed E-state index contributed by atoms with van der Waals surface area (Å²) in [5.41, 5.74) is 3.45. The van der Waals surface area contributed by atoms with Gasteiger partial charge in [-0.05, 0) is 52.6 Å². The highest BCUT2D eigenvalue weighted by Gasteiger charge is 2.21. The van der Waals surface area contributed by atoms with Crippen molar-refractivity contribution in [1.82, 2.24) is 20.9 Å². The van der Waals surface area contributed by atoms with Gasteiger partial charge in [0.15, 0.2) is 0 Å². The van der Waals surface area contributed by atoms with Gasteiger partial charge in [-0.2, -0.15) is 5.10 Å². The van der Waals surface area contributed by atoms with Gasteiger partial charge in [0.1, 0.15) is 17.5 Å². The first-order valence-electron chi connectivity index (χ1n) is 12.4. The minimum absolute atomic E-state index is 0. The summed E-state index contributed by atoms with van der Waals surface area (Å²) >= 11 is 0. The Bertz CT molecular complexity index is 1370. The molecule has 5 N–H and O–H groups in total. The number of hydrogen-bond acceptors (Lipinski definition) is 7. The lowest BCUT2D eigenvalue weighted by molar-refractivity contribution is -0.127. The Labute approximate surface area is 239 Å². The predicted molar refractivity (Wildman–Crippen MR) is 157 cm³/mol. The molecule has 0 spiro atoms. The number of benzene rings is 3. The molecule has 1 heterocycles. The average Bonchev–Trinajstić information content (AvgIpc) is 2.98. The first kappa shape index (κ1) is 29.8. The zero-order chi connectivity index (χ0) is 27.3. The number of ether oxygens (including phenoxy) is 1. The summed E-state index contributed by atoms with van der Waals surface area (Å²) in [4.78, 5) is 29.6. The topological polar surface area (TPSA) is 131 Å². The van der Waals surface area contributed by atoms with Gasteiger partial charge in [0.05, 0.1) is 12.8 Å². The van der Waals surface area contributed by atoms with Crippen molar-refractivity contribution in [3.05, 3.63) is 126 Å². The fourth-order valence-electron chi connectivity index (χ4n) is 3.78. The largest absolute Gasteiger partial charge is 0.457 e. The van der Waals surface area contributed by atoms with Crippen LogP contribution in [0.3, 0.4) is 0 Å². The number of aromatic nitrogens is 1. The van der Waals surface area contributed by atoms with E-state index in [0.717, 1.165) is 28.0 Å². The normalized spacial score (nSPS) is 11.3. The maximum atomic E-state index is 13.2. The summed E-state index contributed by atoms with van der Waals surface area (Å²) in [7, 11) is 0. The van der Waals surface area contributed by atoms with Crippen LogP contribution in [0.15, 0.2) is 108 Å². The molecule has 3 aromatic carbocycles. The zero-order valence-corrected chi connectivity index (χ0v) is 22.5. The number of pyridine rings is 1. The Balaban J connectivity index is 0.00000441. The molecule has 0 aliphatic carbocycles. The SMILES string of the molecule is Cl.NN=Cc1ccc(CNC(C(=O)NCC(=O)NCc2cccnc2)c2ccc(Oc3ccccc3)cc2)cc1. The molecule has 0 saturated carbocycles. The molecule has 206 valence electrons. The maximum Gasteiger partial charge on any atom is 0.242 e. The smallest absolute Gasteiger partial charge is 0.242 e. The molecule has 4 rings (SSSR count).